The van der Waals surface area contributed by atoms with E-state index in [0.29, 0.717) is 5.56 Å². The van der Waals surface area contributed by atoms with E-state index in [1.807, 2.05) is 24.3 Å². The predicted molar refractivity (Wildman–Crippen MR) is 111 cm³/mol. The van der Waals surface area contributed by atoms with E-state index in [9.17, 15) is 9.90 Å². The summed E-state index contributed by atoms with van der Waals surface area (Å²) in [6.45, 7) is 2.61. The molecule has 2 N–H and O–H groups in total. The molecule has 1 aliphatic rings. The summed E-state index contributed by atoms with van der Waals surface area (Å²) in [5, 5.41) is 14.5. The van der Waals surface area contributed by atoms with Crippen LogP contribution in [0, 0.1) is 5.92 Å². The summed E-state index contributed by atoms with van der Waals surface area (Å²) in [4.78, 5) is 14.7. The van der Waals surface area contributed by atoms with E-state index in [4.69, 9.17) is 11.6 Å². The lowest BCUT2D eigenvalue weighted by molar-refractivity contribution is -0.126. The number of hydrogen-bond acceptors (Lipinski definition) is 4. The molecule has 1 saturated heterocycles. The van der Waals surface area contributed by atoms with Gasteiger partial charge in [-0.15, -0.1) is 0 Å². The first-order valence-corrected chi connectivity index (χ1v) is 9.96. The first kappa shape index (κ1) is 19.9. The molecule has 7 heteroatoms. The second-order valence-corrected chi connectivity index (χ2v) is 7.97. The Hall–Kier alpha value is -1.89. The minimum absolute atomic E-state index is 0.0419. The third-order valence-corrected chi connectivity index (χ3v) is 5.39. The Morgan fingerprint density at radius 3 is 2.67 bits per heavy atom. The number of rotatable bonds is 5. The van der Waals surface area contributed by atoms with E-state index in [-0.39, 0.29) is 17.6 Å². The van der Waals surface area contributed by atoms with Crippen molar-refractivity contribution in [2.45, 2.75) is 19.4 Å². The number of likely N-dealkylation sites (tertiary alicyclic amines) is 1. The van der Waals surface area contributed by atoms with Crippen LogP contribution in [0.3, 0.4) is 0 Å². The van der Waals surface area contributed by atoms with Crippen LogP contribution in [-0.4, -0.2) is 35.2 Å². The summed E-state index contributed by atoms with van der Waals surface area (Å²) in [6.07, 6.45) is 3.06. The summed E-state index contributed by atoms with van der Waals surface area (Å²) in [7, 11) is 0. The zero-order valence-electron chi connectivity index (χ0n) is 14.7. The second kappa shape index (κ2) is 9.35. The number of carbonyl (C=O) groups is 1. The van der Waals surface area contributed by atoms with Gasteiger partial charge in [-0.25, -0.2) is 5.43 Å². The second-order valence-electron chi connectivity index (χ2n) is 6.61. The molecule has 0 aromatic heterocycles. The Morgan fingerprint density at radius 2 is 1.96 bits per heavy atom. The van der Waals surface area contributed by atoms with Crippen LogP contribution in [-0.2, 0) is 11.3 Å². The summed E-state index contributed by atoms with van der Waals surface area (Å²) in [5.41, 5.74) is 4.36. The predicted octanol–water partition coefficient (Wildman–Crippen LogP) is 4.17. The average molecular weight is 451 g/mol. The molecule has 5 nitrogen and oxygen atoms in total. The lowest BCUT2D eigenvalue weighted by atomic mass is 9.96. The number of aromatic hydroxyl groups is 1. The molecule has 0 bridgehead atoms. The van der Waals surface area contributed by atoms with E-state index < -0.39 is 0 Å². The van der Waals surface area contributed by atoms with E-state index in [1.165, 1.54) is 11.8 Å². The van der Waals surface area contributed by atoms with Crippen LogP contribution in [0.1, 0.15) is 24.0 Å². The highest BCUT2D eigenvalue weighted by Gasteiger charge is 2.24. The van der Waals surface area contributed by atoms with Gasteiger partial charge in [0.1, 0.15) is 5.75 Å². The van der Waals surface area contributed by atoms with Crippen molar-refractivity contribution in [3.8, 4) is 5.75 Å². The van der Waals surface area contributed by atoms with E-state index in [0.717, 1.165) is 42.0 Å². The van der Waals surface area contributed by atoms with Gasteiger partial charge in [0, 0.05) is 27.5 Å². The standard InChI is InChI=1S/C20H21BrClN3O2/c21-17-3-6-19(26)16(11-17)12-23-24-20(27)15-7-9-25(10-8-15)13-14-1-4-18(22)5-2-14/h1-6,11-12,15,26H,7-10,13H2,(H,24,27)/b23-12-. The third kappa shape index (κ3) is 5.79. The molecule has 1 fully saturated rings. The highest BCUT2D eigenvalue weighted by atomic mass is 79.9. The molecule has 1 heterocycles. The minimum atomic E-state index is -0.0770. The zero-order valence-corrected chi connectivity index (χ0v) is 17.1. The van der Waals surface area contributed by atoms with Crippen molar-refractivity contribution < 1.29 is 9.90 Å². The van der Waals surface area contributed by atoms with Gasteiger partial charge in [0.05, 0.1) is 6.21 Å². The van der Waals surface area contributed by atoms with Crippen LogP contribution >= 0.6 is 27.5 Å². The molecule has 3 rings (SSSR count). The van der Waals surface area contributed by atoms with Gasteiger partial charge in [-0.05, 0) is 61.8 Å². The molecule has 0 radical (unpaired) electrons. The van der Waals surface area contributed by atoms with Crippen molar-refractivity contribution in [3.63, 3.8) is 0 Å². The van der Waals surface area contributed by atoms with Crippen molar-refractivity contribution in [2.24, 2.45) is 11.0 Å². The minimum Gasteiger partial charge on any atom is -0.507 e. The molecule has 0 aliphatic carbocycles. The fourth-order valence-electron chi connectivity index (χ4n) is 3.09. The molecule has 0 saturated carbocycles. The largest absolute Gasteiger partial charge is 0.507 e. The van der Waals surface area contributed by atoms with Crippen molar-refractivity contribution in [3.05, 3.63) is 63.1 Å². The summed E-state index contributed by atoms with van der Waals surface area (Å²) in [6, 6.07) is 12.9. The highest BCUT2D eigenvalue weighted by Crippen LogP contribution is 2.21. The molecule has 142 valence electrons. The molecule has 0 spiro atoms. The number of nitrogens with zero attached hydrogens (tertiary/aromatic N) is 2. The van der Waals surface area contributed by atoms with E-state index in [1.54, 1.807) is 18.2 Å². The van der Waals surface area contributed by atoms with Gasteiger partial charge in [-0.2, -0.15) is 5.10 Å². The van der Waals surface area contributed by atoms with Crippen LogP contribution in [0.15, 0.2) is 52.0 Å². The number of halogens is 2. The van der Waals surface area contributed by atoms with Gasteiger partial charge in [-0.1, -0.05) is 39.7 Å². The molecule has 27 heavy (non-hydrogen) atoms. The smallest absolute Gasteiger partial charge is 0.243 e. The molecule has 1 aliphatic heterocycles. The molecule has 2 aromatic carbocycles. The van der Waals surface area contributed by atoms with Crippen molar-refractivity contribution >= 4 is 39.7 Å². The molecular formula is C20H21BrClN3O2. The number of amides is 1. The maximum Gasteiger partial charge on any atom is 0.243 e. The maximum atomic E-state index is 12.3. The quantitative estimate of drug-likeness (QED) is 0.531. The zero-order chi connectivity index (χ0) is 19.2. The number of phenolic OH excluding ortho intramolecular Hbond substituents is 1. The number of carbonyl (C=O) groups excluding carboxylic acids is 1. The van der Waals surface area contributed by atoms with Crippen LogP contribution in [0.2, 0.25) is 5.02 Å². The lowest BCUT2D eigenvalue weighted by Crippen LogP contribution is -2.39. The highest BCUT2D eigenvalue weighted by molar-refractivity contribution is 9.10. The van der Waals surface area contributed by atoms with E-state index >= 15 is 0 Å². The molecule has 1 amide bonds. The van der Waals surface area contributed by atoms with Crippen LogP contribution < -0.4 is 5.43 Å². The Bertz CT molecular complexity index is 818. The maximum absolute atomic E-state index is 12.3. The molecular weight excluding hydrogens is 430 g/mol. The Balaban J connectivity index is 1.46. The monoisotopic (exact) mass is 449 g/mol. The summed E-state index contributed by atoms with van der Waals surface area (Å²) >= 11 is 9.26. The number of hydrogen-bond donors (Lipinski definition) is 2. The van der Waals surface area contributed by atoms with Crippen LogP contribution in [0.4, 0.5) is 0 Å². The normalized spacial score (nSPS) is 15.9. The summed E-state index contributed by atoms with van der Waals surface area (Å²) < 4.78 is 0.834. The number of benzene rings is 2. The third-order valence-electron chi connectivity index (χ3n) is 4.65. The van der Waals surface area contributed by atoms with Gasteiger partial charge in [-0.3, -0.25) is 9.69 Å². The Morgan fingerprint density at radius 1 is 1.26 bits per heavy atom. The Kier molecular flexibility index (Phi) is 6.88. The SMILES string of the molecule is O=C(N/N=C\c1cc(Br)ccc1O)C1CCN(Cc2ccc(Cl)cc2)CC1. The van der Waals surface area contributed by atoms with Gasteiger partial charge in [0.15, 0.2) is 0 Å². The molecule has 2 aromatic rings. The number of nitrogens with one attached hydrogen (secondary N) is 1. The van der Waals surface area contributed by atoms with Crippen LogP contribution in [0.5, 0.6) is 5.75 Å². The summed E-state index contributed by atoms with van der Waals surface area (Å²) in [5.74, 6) is -0.00156. The Labute approximate surface area is 172 Å². The van der Waals surface area contributed by atoms with Gasteiger partial charge in [0.25, 0.3) is 0 Å². The number of hydrazone groups is 1. The van der Waals surface area contributed by atoms with Crippen molar-refractivity contribution in [1.29, 1.82) is 0 Å². The van der Waals surface area contributed by atoms with E-state index in [2.05, 4.69) is 31.4 Å². The lowest BCUT2D eigenvalue weighted by Gasteiger charge is -2.30. The van der Waals surface area contributed by atoms with Gasteiger partial charge < -0.3 is 5.11 Å². The average Bonchev–Trinajstić information content (AvgIpc) is 2.67. The van der Waals surface area contributed by atoms with Gasteiger partial charge >= 0.3 is 0 Å². The van der Waals surface area contributed by atoms with Gasteiger partial charge in [0.2, 0.25) is 5.91 Å². The number of phenols is 1. The molecule has 0 unspecified atom stereocenters. The molecule has 0 atom stereocenters. The fraction of sp³-hybridized carbons (Fsp3) is 0.300. The van der Waals surface area contributed by atoms with Crippen LogP contribution in [0.25, 0.3) is 0 Å². The van der Waals surface area contributed by atoms with Crippen molar-refractivity contribution in [1.82, 2.24) is 10.3 Å². The first-order chi connectivity index (χ1) is 13.0. The van der Waals surface area contributed by atoms with Crippen molar-refractivity contribution in [2.75, 3.05) is 13.1 Å². The first-order valence-electron chi connectivity index (χ1n) is 8.79. The topological polar surface area (TPSA) is 64.9 Å². The number of piperidine rings is 1. The fourth-order valence-corrected chi connectivity index (χ4v) is 3.59.